The fourth-order valence-corrected chi connectivity index (χ4v) is 2.35. The first-order chi connectivity index (χ1) is 10.3. The molecule has 4 nitrogen and oxygen atoms in total. The summed E-state index contributed by atoms with van der Waals surface area (Å²) in [5, 5.41) is 14.0. The first kappa shape index (κ1) is 13.6. The fourth-order valence-electron chi connectivity index (χ4n) is 2.35. The second-order valence-electron chi connectivity index (χ2n) is 4.95. The maximum atomic E-state index is 9.11. The number of fused-ring (bicyclic) bond motifs is 1. The Morgan fingerprint density at radius 3 is 2.81 bits per heavy atom. The molecule has 0 unspecified atom stereocenters. The van der Waals surface area contributed by atoms with Gasteiger partial charge < -0.3 is 14.4 Å². The SMILES string of the molecule is Cc1ccccc1COc1cccc2onc(CCO)c12. The first-order valence-electron chi connectivity index (χ1n) is 6.95. The summed E-state index contributed by atoms with van der Waals surface area (Å²) in [7, 11) is 0. The summed E-state index contributed by atoms with van der Waals surface area (Å²) in [6.45, 7) is 2.60. The van der Waals surface area contributed by atoms with Crippen LogP contribution < -0.4 is 4.74 Å². The Balaban J connectivity index is 1.90. The number of aromatic nitrogens is 1. The predicted octanol–water partition coefficient (Wildman–Crippen LogP) is 3.25. The topological polar surface area (TPSA) is 55.5 Å². The van der Waals surface area contributed by atoms with Crippen molar-refractivity contribution in [2.75, 3.05) is 6.61 Å². The summed E-state index contributed by atoms with van der Waals surface area (Å²) in [5.41, 5.74) is 3.76. The van der Waals surface area contributed by atoms with Crippen molar-refractivity contribution in [3.63, 3.8) is 0 Å². The second-order valence-corrected chi connectivity index (χ2v) is 4.95. The molecule has 1 aromatic heterocycles. The molecule has 0 fully saturated rings. The molecule has 1 heterocycles. The highest BCUT2D eigenvalue weighted by molar-refractivity contribution is 5.86. The molecule has 0 bridgehead atoms. The van der Waals surface area contributed by atoms with Crippen molar-refractivity contribution in [1.82, 2.24) is 5.16 Å². The van der Waals surface area contributed by atoms with Crippen molar-refractivity contribution in [2.24, 2.45) is 0 Å². The summed E-state index contributed by atoms with van der Waals surface area (Å²) < 4.78 is 11.2. The van der Waals surface area contributed by atoms with E-state index in [1.54, 1.807) is 0 Å². The number of aliphatic hydroxyl groups is 1. The van der Waals surface area contributed by atoms with Crippen molar-refractivity contribution in [3.8, 4) is 5.75 Å². The molecular weight excluding hydrogens is 266 g/mol. The first-order valence-corrected chi connectivity index (χ1v) is 6.95. The summed E-state index contributed by atoms with van der Waals surface area (Å²) >= 11 is 0. The van der Waals surface area contributed by atoms with Gasteiger partial charge in [0.15, 0.2) is 5.58 Å². The van der Waals surface area contributed by atoms with Crippen molar-refractivity contribution in [3.05, 3.63) is 59.3 Å². The zero-order valence-corrected chi connectivity index (χ0v) is 11.9. The molecule has 0 radical (unpaired) electrons. The molecular formula is C17H17NO3. The van der Waals surface area contributed by atoms with E-state index in [4.69, 9.17) is 14.4 Å². The van der Waals surface area contributed by atoms with Crippen LogP contribution in [0.3, 0.4) is 0 Å². The molecule has 0 saturated heterocycles. The number of aliphatic hydroxyl groups excluding tert-OH is 1. The third kappa shape index (κ3) is 2.76. The quantitative estimate of drug-likeness (QED) is 0.781. The van der Waals surface area contributed by atoms with E-state index in [9.17, 15) is 0 Å². The second kappa shape index (κ2) is 5.97. The van der Waals surface area contributed by atoms with E-state index in [2.05, 4.69) is 24.2 Å². The van der Waals surface area contributed by atoms with Gasteiger partial charge in [-0.1, -0.05) is 35.5 Å². The van der Waals surface area contributed by atoms with Crippen LogP contribution in [0.25, 0.3) is 11.0 Å². The highest BCUT2D eigenvalue weighted by Crippen LogP contribution is 2.30. The molecule has 3 aromatic rings. The van der Waals surface area contributed by atoms with E-state index < -0.39 is 0 Å². The van der Waals surface area contributed by atoms with Crippen molar-refractivity contribution in [1.29, 1.82) is 0 Å². The summed E-state index contributed by atoms with van der Waals surface area (Å²) in [6.07, 6.45) is 0.456. The molecule has 0 saturated carbocycles. The van der Waals surface area contributed by atoms with Crippen LogP contribution in [0.5, 0.6) is 5.75 Å². The number of hydrogen-bond acceptors (Lipinski definition) is 4. The average molecular weight is 283 g/mol. The smallest absolute Gasteiger partial charge is 0.170 e. The summed E-state index contributed by atoms with van der Waals surface area (Å²) in [5.74, 6) is 0.737. The Morgan fingerprint density at radius 2 is 2.00 bits per heavy atom. The van der Waals surface area contributed by atoms with Gasteiger partial charge in [0.05, 0.1) is 11.1 Å². The molecule has 4 heteroatoms. The fraction of sp³-hybridized carbons (Fsp3) is 0.235. The minimum Gasteiger partial charge on any atom is -0.488 e. The number of ether oxygens (including phenoxy) is 1. The van der Waals surface area contributed by atoms with Crippen LogP contribution in [-0.2, 0) is 13.0 Å². The van der Waals surface area contributed by atoms with Gasteiger partial charge in [0.1, 0.15) is 12.4 Å². The highest BCUT2D eigenvalue weighted by atomic mass is 16.5. The lowest BCUT2D eigenvalue weighted by molar-refractivity contribution is 0.294. The van der Waals surface area contributed by atoms with E-state index in [0.717, 1.165) is 22.4 Å². The van der Waals surface area contributed by atoms with Gasteiger partial charge >= 0.3 is 0 Å². The molecule has 2 aromatic carbocycles. The molecule has 0 spiro atoms. The molecule has 0 amide bonds. The van der Waals surface area contributed by atoms with Crippen LogP contribution in [0.15, 0.2) is 47.0 Å². The molecule has 0 aliphatic carbocycles. The van der Waals surface area contributed by atoms with Crippen LogP contribution in [0, 0.1) is 6.92 Å². The maximum absolute atomic E-state index is 9.11. The Bertz CT molecular complexity index is 749. The number of aryl methyl sites for hydroxylation is 1. The van der Waals surface area contributed by atoms with E-state index in [1.165, 1.54) is 5.56 Å². The van der Waals surface area contributed by atoms with Gasteiger partial charge in [0.2, 0.25) is 0 Å². The van der Waals surface area contributed by atoms with Crippen molar-refractivity contribution >= 4 is 11.0 Å². The third-order valence-electron chi connectivity index (χ3n) is 3.52. The van der Waals surface area contributed by atoms with Crippen molar-refractivity contribution < 1.29 is 14.4 Å². The number of hydrogen-bond donors (Lipinski definition) is 1. The summed E-state index contributed by atoms with van der Waals surface area (Å²) in [6, 6.07) is 13.8. The van der Waals surface area contributed by atoms with Gasteiger partial charge in [-0.05, 0) is 30.2 Å². The zero-order valence-electron chi connectivity index (χ0n) is 11.9. The molecule has 0 atom stereocenters. The number of rotatable bonds is 5. The minimum absolute atomic E-state index is 0.0355. The zero-order chi connectivity index (χ0) is 14.7. The highest BCUT2D eigenvalue weighted by Gasteiger charge is 2.13. The average Bonchev–Trinajstić information content (AvgIpc) is 2.91. The molecule has 1 N–H and O–H groups in total. The third-order valence-corrected chi connectivity index (χ3v) is 3.52. The van der Waals surface area contributed by atoms with Crippen LogP contribution >= 0.6 is 0 Å². The number of benzene rings is 2. The molecule has 0 aliphatic heterocycles. The van der Waals surface area contributed by atoms with E-state index in [1.807, 2.05) is 30.3 Å². The van der Waals surface area contributed by atoms with E-state index >= 15 is 0 Å². The monoisotopic (exact) mass is 283 g/mol. The van der Waals surface area contributed by atoms with Crippen LogP contribution in [0.4, 0.5) is 0 Å². The summed E-state index contributed by atoms with van der Waals surface area (Å²) in [4.78, 5) is 0. The molecule has 3 rings (SSSR count). The predicted molar refractivity (Wildman–Crippen MR) is 80.3 cm³/mol. The van der Waals surface area contributed by atoms with Gasteiger partial charge in [-0.15, -0.1) is 0 Å². The lowest BCUT2D eigenvalue weighted by Gasteiger charge is -2.09. The molecule has 0 aliphatic rings. The minimum atomic E-state index is 0.0355. The molecule has 108 valence electrons. The van der Waals surface area contributed by atoms with Gasteiger partial charge in [0.25, 0.3) is 0 Å². The van der Waals surface area contributed by atoms with Gasteiger partial charge in [-0.3, -0.25) is 0 Å². The largest absolute Gasteiger partial charge is 0.488 e. The lowest BCUT2D eigenvalue weighted by Crippen LogP contribution is -1.99. The van der Waals surface area contributed by atoms with Crippen molar-refractivity contribution in [2.45, 2.75) is 20.0 Å². The standard InChI is InChI=1S/C17H17NO3/c1-12-5-2-3-6-13(12)11-20-15-7-4-8-16-17(15)14(9-10-19)18-21-16/h2-8,19H,9-11H2,1H3. The number of nitrogens with zero attached hydrogens (tertiary/aromatic N) is 1. The normalized spacial score (nSPS) is 11.0. The van der Waals surface area contributed by atoms with Crippen LogP contribution in [0.1, 0.15) is 16.8 Å². The van der Waals surface area contributed by atoms with Crippen LogP contribution in [-0.4, -0.2) is 16.9 Å². The van der Waals surface area contributed by atoms with Gasteiger partial charge in [0, 0.05) is 13.0 Å². The Morgan fingerprint density at radius 1 is 1.14 bits per heavy atom. The van der Waals surface area contributed by atoms with Gasteiger partial charge in [-0.2, -0.15) is 0 Å². The van der Waals surface area contributed by atoms with Gasteiger partial charge in [-0.25, -0.2) is 0 Å². The Labute approximate surface area is 123 Å². The molecule has 21 heavy (non-hydrogen) atoms. The van der Waals surface area contributed by atoms with Crippen LogP contribution in [0.2, 0.25) is 0 Å². The Hall–Kier alpha value is -2.33. The Kier molecular flexibility index (Phi) is 3.88. The lowest BCUT2D eigenvalue weighted by atomic mass is 10.1. The maximum Gasteiger partial charge on any atom is 0.170 e. The van der Waals surface area contributed by atoms with E-state index in [0.29, 0.717) is 18.6 Å². The van der Waals surface area contributed by atoms with E-state index in [-0.39, 0.29) is 6.61 Å².